The van der Waals surface area contributed by atoms with E-state index in [9.17, 15) is 4.79 Å². The summed E-state index contributed by atoms with van der Waals surface area (Å²) < 4.78 is 0. The first kappa shape index (κ1) is 16.5. The van der Waals surface area contributed by atoms with E-state index in [2.05, 4.69) is 29.2 Å². The van der Waals surface area contributed by atoms with Crippen molar-refractivity contribution in [1.29, 1.82) is 0 Å². The zero-order valence-electron chi connectivity index (χ0n) is 14.0. The van der Waals surface area contributed by atoms with Gasteiger partial charge in [-0.2, -0.15) is 0 Å². The van der Waals surface area contributed by atoms with Crippen LogP contribution >= 0.6 is 0 Å². The van der Waals surface area contributed by atoms with E-state index in [1.807, 2.05) is 60.7 Å². The highest BCUT2D eigenvalue weighted by Gasteiger charge is 2.11. The lowest BCUT2D eigenvalue weighted by atomic mass is 10.1. The van der Waals surface area contributed by atoms with E-state index in [1.165, 1.54) is 0 Å². The minimum Gasteiger partial charge on any atom is -0.478 e. The SMILES string of the molecule is CC(=Cc1ccc(N(c2ccccc2)c2ccccc2)cc1)C(=O)O. The molecule has 0 heterocycles. The van der Waals surface area contributed by atoms with Crippen LogP contribution in [0.2, 0.25) is 0 Å². The maximum Gasteiger partial charge on any atom is 0.331 e. The van der Waals surface area contributed by atoms with Gasteiger partial charge in [0.05, 0.1) is 0 Å². The number of anilines is 3. The fraction of sp³-hybridized carbons (Fsp3) is 0.0455. The number of aliphatic carboxylic acids is 1. The molecule has 0 atom stereocenters. The van der Waals surface area contributed by atoms with E-state index in [-0.39, 0.29) is 0 Å². The monoisotopic (exact) mass is 329 g/mol. The number of carboxylic acid groups (broad SMARTS) is 1. The lowest BCUT2D eigenvalue weighted by Crippen LogP contribution is -2.09. The third-order valence-electron chi connectivity index (χ3n) is 3.90. The maximum absolute atomic E-state index is 11.0. The first-order valence-electron chi connectivity index (χ1n) is 8.07. The van der Waals surface area contributed by atoms with Gasteiger partial charge in [0, 0.05) is 22.6 Å². The molecule has 1 N–H and O–H groups in total. The van der Waals surface area contributed by atoms with Crippen LogP contribution < -0.4 is 4.90 Å². The molecular formula is C22H19NO2. The van der Waals surface area contributed by atoms with Crippen molar-refractivity contribution in [2.45, 2.75) is 6.92 Å². The number of rotatable bonds is 5. The molecular weight excluding hydrogens is 310 g/mol. The average Bonchev–Trinajstić information content (AvgIpc) is 2.65. The zero-order chi connectivity index (χ0) is 17.6. The fourth-order valence-corrected chi connectivity index (χ4v) is 2.63. The van der Waals surface area contributed by atoms with E-state index in [0.717, 1.165) is 22.6 Å². The molecule has 0 amide bonds. The molecule has 3 aromatic rings. The molecule has 0 radical (unpaired) electrons. The lowest BCUT2D eigenvalue weighted by molar-refractivity contribution is -0.132. The van der Waals surface area contributed by atoms with Gasteiger partial charge in [0.25, 0.3) is 0 Å². The molecule has 0 aliphatic rings. The number of nitrogens with zero attached hydrogens (tertiary/aromatic N) is 1. The summed E-state index contributed by atoms with van der Waals surface area (Å²) >= 11 is 0. The highest BCUT2D eigenvalue weighted by atomic mass is 16.4. The van der Waals surface area contributed by atoms with Crippen molar-refractivity contribution in [3.05, 3.63) is 96.1 Å². The van der Waals surface area contributed by atoms with Crippen LogP contribution in [0.15, 0.2) is 90.5 Å². The minimum absolute atomic E-state index is 0.315. The number of hydrogen-bond acceptors (Lipinski definition) is 2. The quantitative estimate of drug-likeness (QED) is 0.615. The predicted molar refractivity (Wildman–Crippen MR) is 102 cm³/mol. The molecule has 0 aliphatic heterocycles. The highest BCUT2D eigenvalue weighted by molar-refractivity contribution is 5.91. The molecule has 3 rings (SSSR count). The molecule has 0 saturated carbocycles. The fourth-order valence-electron chi connectivity index (χ4n) is 2.63. The first-order valence-corrected chi connectivity index (χ1v) is 8.07. The average molecular weight is 329 g/mol. The Labute approximate surface area is 147 Å². The van der Waals surface area contributed by atoms with Crippen molar-refractivity contribution in [2.75, 3.05) is 4.90 Å². The van der Waals surface area contributed by atoms with Crippen molar-refractivity contribution in [3.63, 3.8) is 0 Å². The molecule has 0 unspecified atom stereocenters. The van der Waals surface area contributed by atoms with E-state index in [1.54, 1.807) is 13.0 Å². The molecule has 124 valence electrons. The Hall–Kier alpha value is -3.33. The van der Waals surface area contributed by atoms with Gasteiger partial charge in [0.2, 0.25) is 0 Å². The van der Waals surface area contributed by atoms with Crippen molar-refractivity contribution in [1.82, 2.24) is 0 Å². The molecule has 0 saturated heterocycles. The van der Waals surface area contributed by atoms with Gasteiger partial charge < -0.3 is 10.0 Å². The molecule has 0 fully saturated rings. The molecule has 0 aromatic heterocycles. The van der Waals surface area contributed by atoms with Crippen molar-refractivity contribution < 1.29 is 9.90 Å². The Balaban J connectivity index is 2.00. The summed E-state index contributed by atoms with van der Waals surface area (Å²) in [5.74, 6) is -0.903. The summed E-state index contributed by atoms with van der Waals surface area (Å²) in [6.07, 6.45) is 1.67. The van der Waals surface area contributed by atoms with Crippen LogP contribution in [0.5, 0.6) is 0 Å². The Morgan fingerprint density at radius 1 is 0.760 bits per heavy atom. The molecule has 0 spiro atoms. The van der Waals surface area contributed by atoms with Gasteiger partial charge in [0.1, 0.15) is 0 Å². The van der Waals surface area contributed by atoms with Crippen LogP contribution in [0.25, 0.3) is 6.08 Å². The van der Waals surface area contributed by atoms with Gasteiger partial charge in [-0.15, -0.1) is 0 Å². The molecule has 0 aliphatic carbocycles. The summed E-state index contributed by atoms with van der Waals surface area (Å²) in [5.41, 5.74) is 4.33. The summed E-state index contributed by atoms with van der Waals surface area (Å²) in [6.45, 7) is 1.59. The van der Waals surface area contributed by atoms with Gasteiger partial charge in [0.15, 0.2) is 0 Å². The standard InChI is InChI=1S/C22H19NO2/c1-17(22(24)25)16-18-12-14-21(15-13-18)23(19-8-4-2-5-9-19)20-10-6-3-7-11-20/h2-16H,1H3,(H,24,25). The van der Waals surface area contributed by atoms with Crippen molar-refractivity contribution in [3.8, 4) is 0 Å². The Bertz CT molecular complexity index is 829. The second-order valence-electron chi connectivity index (χ2n) is 5.73. The number of carbonyl (C=O) groups is 1. The van der Waals surface area contributed by atoms with Gasteiger partial charge in [-0.1, -0.05) is 48.5 Å². The first-order chi connectivity index (χ1) is 12.1. The zero-order valence-corrected chi connectivity index (χ0v) is 14.0. The summed E-state index contributed by atoms with van der Waals surface area (Å²) in [6, 6.07) is 28.2. The van der Waals surface area contributed by atoms with Crippen LogP contribution in [0.3, 0.4) is 0 Å². The van der Waals surface area contributed by atoms with E-state index < -0.39 is 5.97 Å². The lowest BCUT2D eigenvalue weighted by Gasteiger charge is -2.25. The van der Waals surface area contributed by atoms with Crippen LogP contribution in [0, 0.1) is 0 Å². The van der Waals surface area contributed by atoms with Crippen LogP contribution in [-0.4, -0.2) is 11.1 Å². The van der Waals surface area contributed by atoms with Crippen LogP contribution in [0.4, 0.5) is 17.1 Å². The summed E-state index contributed by atoms with van der Waals surface area (Å²) in [5, 5.41) is 9.01. The second-order valence-corrected chi connectivity index (χ2v) is 5.73. The predicted octanol–water partition coefficient (Wildman–Crippen LogP) is 5.64. The maximum atomic E-state index is 11.0. The van der Waals surface area contributed by atoms with E-state index in [0.29, 0.717) is 5.57 Å². The van der Waals surface area contributed by atoms with Crippen LogP contribution in [-0.2, 0) is 4.79 Å². The smallest absolute Gasteiger partial charge is 0.331 e. The topological polar surface area (TPSA) is 40.5 Å². The number of benzene rings is 3. The van der Waals surface area contributed by atoms with Gasteiger partial charge in [-0.25, -0.2) is 4.79 Å². The third kappa shape index (κ3) is 3.96. The Kier molecular flexibility index (Phi) is 4.95. The van der Waals surface area contributed by atoms with Gasteiger partial charge in [-0.05, 0) is 55.0 Å². The van der Waals surface area contributed by atoms with Crippen molar-refractivity contribution in [2.24, 2.45) is 0 Å². The summed E-state index contributed by atoms with van der Waals surface area (Å²) in [4.78, 5) is 13.1. The van der Waals surface area contributed by atoms with Gasteiger partial charge in [-0.3, -0.25) is 0 Å². The van der Waals surface area contributed by atoms with Crippen LogP contribution in [0.1, 0.15) is 12.5 Å². The van der Waals surface area contributed by atoms with Gasteiger partial charge >= 0.3 is 5.97 Å². The molecule has 3 aromatic carbocycles. The normalized spacial score (nSPS) is 11.2. The van der Waals surface area contributed by atoms with E-state index in [4.69, 9.17) is 5.11 Å². The van der Waals surface area contributed by atoms with Crippen molar-refractivity contribution >= 4 is 29.1 Å². The third-order valence-corrected chi connectivity index (χ3v) is 3.90. The number of para-hydroxylation sites is 2. The molecule has 3 heteroatoms. The highest BCUT2D eigenvalue weighted by Crippen LogP contribution is 2.34. The van der Waals surface area contributed by atoms with E-state index >= 15 is 0 Å². The Morgan fingerprint density at radius 3 is 1.64 bits per heavy atom. The molecule has 25 heavy (non-hydrogen) atoms. The number of hydrogen-bond donors (Lipinski definition) is 1. The Morgan fingerprint density at radius 2 is 1.20 bits per heavy atom. The largest absolute Gasteiger partial charge is 0.478 e. The minimum atomic E-state index is -0.903. The number of carboxylic acids is 1. The molecule has 0 bridgehead atoms. The molecule has 3 nitrogen and oxygen atoms in total. The second kappa shape index (κ2) is 7.49. The summed E-state index contributed by atoms with van der Waals surface area (Å²) in [7, 11) is 0.